The van der Waals surface area contributed by atoms with Crippen molar-refractivity contribution in [3.8, 4) is 0 Å². The number of ether oxygens (including phenoxy) is 1. The van der Waals surface area contributed by atoms with Gasteiger partial charge in [-0.3, -0.25) is 0 Å². The van der Waals surface area contributed by atoms with E-state index in [2.05, 4.69) is 4.72 Å². The van der Waals surface area contributed by atoms with Crippen molar-refractivity contribution in [1.29, 1.82) is 0 Å². The minimum Gasteiger partial charge on any atom is -0.381 e. The number of nitrogens with two attached hydrogens (primary N) is 1. The Morgan fingerprint density at radius 1 is 1.43 bits per heavy atom. The molecule has 5 nitrogen and oxygen atoms in total. The highest BCUT2D eigenvalue weighted by Gasteiger charge is 2.27. The molecule has 0 saturated carbocycles. The number of halogens is 1. The van der Waals surface area contributed by atoms with Crippen LogP contribution in [0.25, 0.3) is 0 Å². The minimum absolute atomic E-state index is 0.170. The Kier molecular flexibility index (Phi) is 5.32. The van der Waals surface area contributed by atoms with Gasteiger partial charge in [-0.25, -0.2) is 17.5 Å². The molecular formula is C14H21FN2O3S. The highest BCUT2D eigenvalue weighted by Crippen LogP contribution is 2.22. The highest BCUT2D eigenvalue weighted by molar-refractivity contribution is 7.89. The summed E-state index contributed by atoms with van der Waals surface area (Å²) in [5, 5.41) is 0. The minimum atomic E-state index is -3.87. The lowest BCUT2D eigenvalue weighted by Gasteiger charge is -2.28. The van der Waals surface area contributed by atoms with E-state index < -0.39 is 15.8 Å². The fourth-order valence-electron chi connectivity index (χ4n) is 2.51. The third-order valence-electron chi connectivity index (χ3n) is 3.84. The molecule has 1 atom stereocenters. The van der Waals surface area contributed by atoms with Crippen molar-refractivity contribution in [2.45, 2.75) is 37.2 Å². The van der Waals surface area contributed by atoms with Crippen molar-refractivity contribution in [2.24, 2.45) is 11.7 Å². The molecule has 0 amide bonds. The van der Waals surface area contributed by atoms with Crippen molar-refractivity contribution >= 4 is 10.0 Å². The van der Waals surface area contributed by atoms with Crippen LogP contribution in [-0.2, 0) is 21.3 Å². The van der Waals surface area contributed by atoms with Gasteiger partial charge in [-0.2, -0.15) is 0 Å². The lowest BCUT2D eigenvalue weighted by atomic mass is 9.94. The van der Waals surface area contributed by atoms with E-state index in [-0.39, 0.29) is 23.4 Å². The zero-order chi connectivity index (χ0) is 15.5. The fraction of sp³-hybridized carbons (Fsp3) is 0.571. The zero-order valence-electron chi connectivity index (χ0n) is 12.0. The van der Waals surface area contributed by atoms with Crippen LogP contribution in [0.2, 0.25) is 0 Å². The van der Waals surface area contributed by atoms with Gasteiger partial charge in [0.2, 0.25) is 10.0 Å². The lowest BCUT2D eigenvalue weighted by molar-refractivity contribution is 0.0585. The van der Waals surface area contributed by atoms with Crippen LogP contribution in [0.4, 0.5) is 4.39 Å². The van der Waals surface area contributed by atoms with Crippen molar-refractivity contribution in [3.63, 3.8) is 0 Å². The van der Waals surface area contributed by atoms with Crippen LogP contribution >= 0.6 is 0 Å². The summed E-state index contributed by atoms with van der Waals surface area (Å²) in [4.78, 5) is -0.335. The average Bonchev–Trinajstić information content (AvgIpc) is 2.47. The molecule has 0 radical (unpaired) electrons. The third-order valence-corrected chi connectivity index (χ3v) is 5.43. The Morgan fingerprint density at radius 3 is 2.67 bits per heavy atom. The molecule has 1 aliphatic heterocycles. The first kappa shape index (κ1) is 16.4. The number of benzene rings is 1. The van der Waals surface area contributed by atoms with Gasteiger partial charge in [-0.1, -0.05) is 6.07 Å². The van der Waals surface area contributed by atoms with Crippen molar-refractivity contribution in [3.05, 3.63) is 29.6 Å². The molecular weight excluding hydrogens is 295 g/mol. The Labute approximate surface area is 124 Å². The fourth-order valence-corrected chi connectivity index (χ4v) is 3.88. The molecule has 0 bridgehead atoms. The smallest absolute Gasteiger partial charge is 0.243 e. The summed E-state index contributed by atoms with van der Waals surface area (Å²) in [5.74, 6) is -0.565. The molecule has 1 fully saturated rings. The van der Waals surface area contributed by atoms with E-state index in [1.165, 1.54) is 12.1 Å². The maximum Gasteiger partial charge on any atom is 0.243 e. The van der Waals surface area contributed by atoms with Crippen LogP contribution in [0.5, 0.6) is 0 Å². The van der Waals surface area contributed by atoms with Crippen molar-refractivity contribution < 1.29 is 17.5 Å². The molecule has 1 saturated heterocycles. The second-order valence-corrected chi connectivity index (χ2v) is 7.01. The van der Waals surface area contributed by atoms with Gasteiger partial charge >= 0.3 is 0 Å². The van der Waals surface area contributed by atoms with Crippen LogP contribution in [0.3, 0.4) is 0 Å². The molecule has 7 heteroatoms. The Morgan fingerprint density at radius 2 is 2.10 bits per heavy atom. The molecule has 1 aliphatic rings. The van der Waals surface area contributed by atoms with E-state index in [4.69, 9.17) is 10.5 Å². The first-order chi connectivity index (χ1) is 9.94. The highest BCUT2D eigenvalue weighted by atomic mass is 32.2. The van der Waals surface area contributed by atoms with Crippen LogP contribution in [0, 0.1) is 11.7 Å². The molecule has 3 N–H and O–H groups in total. The monoisotopic (exact) mass is 316 g/mol. The van der Waals surface area contributed by atoms with Crippen LogP contribution in [-0.4, -0.2) is 27.7 Å². The van der Waals surface area contributed by atoms with Crippen molar-refractivity contribution in [2.75, 3.05) is 13.2 Å². The second kappa shape index (κ2) is 6.83. The molecule has 118 valence electrons. The second-order valence-electron chi connectivity index (χ2n) is 5.33. The third kappa shape index (κ3) is 4.00. The van der Waals surface area contributed by atoms with Gasteiger partial charge in [0, 0.05) is 25.8 Å². The van der Waals surface area contributed by atoms with Gasteiger partial charge in [0.1, 0.15) is 10.7 Å². The summed E-state index contributed by atoms with van der Waals surface area (Å²) in [6.07, 6.45) is 1.61. The van der Waals surface area contributed by atoms with Gasteiger partial charge in [0.05, 0.1) is 0 Å². The molecule has 1 heterocycles. The SMILES string of the molecule is CC(NS(=O)(=O)c1ccc(CN)cc1F)C1CCOCC1. The summed E-state index contributed by atoms with van der Waals surface area (Å²) in [6.45, 7) is 3.25. The number of nitrogens with one attached hydrogen (secondary N) is 1. The Hall–Kier alpha value is -1.02. The summed E-state index contributed by atoms with van der Waals surface area (Å²) < 4.78 is 46.3. The lowest BCUT2D eigenvalue weighted by Crippen LogP contribution is -2.40. The molecule has 1 aromatic rings. The van der Waals surface area contributed by atoms with Crippen LogP contribution in [0.15, 0.2) is 23.1 Å². The quantitative estimate of drug-likeness (QED) is 0.860. The number of hydrogen-bond donors (Lipinski definition) is 2. The number of rotatable bonds is 5. The van der Waals surface area contributed by atoms with Gasteiger partial charge in [-0.05, 0) is 43.4 Å². The molecule has 1 unspecified atom stereocenters. The standard InChI is InChI=1S/C14H21FN2O3S/c1-10(12-4-6-20-7-5-12)17-21(18,19)14-3-2-11(9-16)8-13(14)15/h2-3,8,10,12,17H,4-7,9,16H2,1H3. The van der Waals surface area contributed by atoms with Gasteiger partial charge < -0.3 is 10.5 Å². The van der Waals surface area contributed by atoms with Crippen LogP contribution in [0.1, 0.15) is 25.3 Å². The molecule has 0 aliphatic carbocycles. The summed E-state index contributed by atoms with van der Waals surface area (Å²) in [5.41, 5.74) is 5.97. The summed E-state index contributed by atoms with van der Waals surface area (Å²) in [7, 11) is -3.87. The molecule has 2 rings (SSSR count). The average molecular weight is 316 g/mol. The van der Waals surface area contributed by atoms with Gasteiger partial charge in [-0.15, -0.1) is 0 Å². The van der Waals surface area contributed by atoms with E-state index >= 15 is 0 Å². The van der Waals surface area contributed by atoms with E-state index in [9.17, 15) is 12.8 Å². The molecule has 21 heavy (non-hydrogen) atoms. The van der Waals surface area contributed by atoms with Gasteiger partial charge in [0.15, 0.2) is 0 Å². The topological polar surface area (TPSA) is 81.4 Å². The first-order valence-electron chi connectivity index (χ1n) is 7.02. The Bertz CT molecular complexity index is 586. The molecule has 0 spiro atoms. The first-order valence-corrected chi connectivity index (χ1v) is 8.51. The van der Waals surface area contributed by atoms with Gasteiger partial charge in [0.25, 0.3) is 0 Å². The zero-order valence-corrected chi connectivity index (χ0v) is 12.8. The van der Waals surface area contributed by atoms with Crippen molar-refractivity contribution in [1.82, 2.24) is 4.72 Å². The van der Waals surface area contributed by atoms with E-state index in [0.29, 0.717) is 18.8 Å². The maximum absolute atomic E-state index is 13.9. The number of sulfonamides is 1. The maximum atomic E-state index is 13.9. The predicted octanol–water partition coefficient (Wildman–Crippen LogP) is 1.38. The summed E-state index contributed by atoms with van der Waals surface area (Å²) >= 11 is 0. The molecule has 1 aromatic carbocycles. The summed E-state index contributed by atoms with van der Waals surface area (Å²) in [6, 6.07) is 3.69. The predicted molar refractivity (Wildman–Crippen MR) is 77.6 cm³/mol. The largest absolute Gasteiger partial charge is 0.381 e. The van der Waals surface area contributed by atoms with Crippen LogP contribution < -0.4 is 10.5 Å². The Balaban J connectivity index is 2.14. The number of hydrogen-bond acceptors (Lipinski definition) is 4. The van der Waals surface area contributed by atoms with E-state index in [1.807, 2.05) is 0 Å². The normalized spacial score (nSPS) is 18.6. The van der Waals surface area contributed by atoms with E-state index in [0.717, 1.165) is 18.9 Å². The molecule has 0 aromatic heterocycles. The van der Waals surface area contributed by atoms with E-state index in [1.54, 1.807) is 6.92 Å².